The van der Waals surface area contributed by atoms with Crippen molar-refractivity contribution in [3.63, 3.8) is 0 Å². The summed E-state index contributed by atoms with van der Waals surface area (Å²) >= 11 is 12.9. The van der Waals surface area contributed by atoms with Gasteiger partial charge in [0.2, 0.25) is 5.91 Å². The zero-order chi connectivity index (χ0) is 24.9. The molecule has 0 spiro atoms. The van der Waals surface area contributed by atoms with Crippen molar-refractivity contribution in [2.24, 2.45) is 0 Å². The number of anilines is 1. The van der Waals surface area contributed by atoms with E-state index in [2.05, 4.69) is 5.32 Å². The van der Waals surface area contributed by atoms with Crippen LogP contribution in [0.2, 0.25) is 10.0 Å². The molecule has 2 aliphatic heterocycles. The molecule has 2 heterocycles. The van der Waals surface area contributed by atoms with Crippen LogP contribution in [-0.2, 0) is 14.4 Å². The van der Waals surface area contributed by atoms with Crippen molar-refractivity contribution < 1.29 is 23.9 Å². The van der Waals surface area contributed by atoms with Crippen LogP contribution in [0.3, 0.4) is 0 Å². The Morgan fingerprint density at radius 2 is 1.77 bits per heavy atom. The number of halogens is 2. The molecule has 11 heteroatoms. The summed E-state index contributed by atoms with van der Waals surface area (Å²) in [4.78, 5) is 52.3. The average Bonchev–Trinajstić information content (AvgIpc) is 3.45. The Balaban J connectivity index is 1.35. The van der Waals surface area contributed by atoms with Gasteiger partial charge in [0.25, 0.3) is 17.1 Å². The highest BCUT2D eigenvalue weighted by molar-refractivity contribution is 8.18. The normalized spacial score (nSPS) is 16.8. The Labute approximate surface area is 216 Å². The highest BCUT2D eigenvalue weighted by atomic mass is 35.5. The van der Waals surface area contributed by atoms with Crippen LogP contribution in [0.15, 0.2) is 47.4 Å². The summed E-state index contributed by atoms with van der Waals surface area (Å²) in [6.45, 7) is 0.792. The molecule has 0 bridgehead atoms. The first kappa shape index (κ1) is 25.1. The Morgan fingerprint density at radius 1 is 1.06 bits per heavy atom. The minimum Gasteiger partial charge on any atom is -0.482 e. The quantitative estimate of drug-likeness (QED) is 0.519. The van der Waals surface area contributed by atoms with Crippen LogP contribution in [0.4, 0.5) is 10.5 Å². The minimum absolute atomic E-state index is 0.205. The third kappa shape index (κ3) is 6.36. The summed E-state index contributed by atoms with van der Waals surface area (Å²) in [5.74, 6) is -0.817. The number of nitrogens with zero attached hydrogens (tertiary/aromatic N) is 2. The summed E-state index contributed by atoms with van der Waals surface area (Å²) in [6, 6.07) is 11.5. The largest absolute Gasteiger partial charge is 0.482 e. The highest BCUT2D eigenvalue weighted by Crippen LogP contribution is 2.34. The number of thioether (sulfide) groups is 1. The van der Waals surface area contributed by atoms with E-state index in [1.54, 1.807) is 47.4 Å². The summed E-state index contributed by atoms with van der Waals surface area (Å²) in [5.41, 5.74) is 1.16. The predicted octanol–water partition coefficient (Wildman–Crippen LogP) is 4.67. The molecule has 0 aromatic heterocycles. The molecule has 2 aromatic carbocycles. The molecule has 4 amide bonds. The number of amides is 4. The minimum atomic E-state index is -0.511. The van der Waals surface area contributed by atoms with Gasteiger partial charge in [-0.1, -0.05) is 29.3 Å². The molecular weight excluding hydrogens is 513 g/mol. The molecule has 35 heavy (non-hydrogen) atoms. The molecule has 182 valence electrons. The van der Waals surface area contributed by atoms with Crippen molar-refractivity contribution in [2.75, 3.05) is 31.6 Å². The lowest BCUT2D eigenvalue weighted by Gasteiger charge is -2.18. The summed E-state index contributed by atoms with van der Waals surface area (Å²) in [7, 11) is 0. The molecule has 4 rings (SSSR count). The van der Waals surface area contributed by atoms with Crippen LogP contribution in [0.1, 0.15) is 18.4 Å². The number of benzene rings is 2. The fourth-order valence-electron chi connectivity index (χ4n) is 3.59. The van der Waals surface area contributed by atoms with Crippen molar-refractivity contribution in [1.29, 1.82) is 0 Å². The fraction of sp³-hybridized carbons (Fsp3) is 0.250. The first-order valence-electron chi connectivity index (χ1n) is 10.8. The van der Waals surface area contributed by atoms with E-state index in [1.165, 1.54) is 6.08 Å². The number of imide groups is 1. The highest BCUT2D eigenvalue weighted by Gasteiger charge is 2.37. The number of hydrogen-bond acceptors (Lipinski definition) is 6. The molecule has 0 saturated carbocycles. The van der Waals surface area contributed by atoms with Gasteiger partial charge in [0, 0.05) is 23.8 Å². The van der Waals surface area contributed by atoms with Crippen LogP contribution in [0.25, 0.3) is 6.08 Å². The van der Waals surface area contributed by atoms with Crippen molar-refractivity contribution in [3.8, 4) is 5.75 Å². The molecule has 0 atom stereocenters. The number of rotatable bonds is 7. The Morgan fingerprint density at radius 3 is 2.46 bits per heavy atom. The standard InChI is InChI=1S/C24H21Cl2N3O5S/c25-16-4-6-17(7-5-16)27-21(30)14-34-19-8-3-15(11-18(19)26)12-20-23(32)29(24(33)35-20)13-22(31)28-9-1-2-10-28/h3-8,11-12H,1-2,9-10,13-14H2,(H,27,30)/b20-12-. The Hall–Kier alpha value is -3.01. The lowest BCUT2D eigenvalue weighted by molar-refractivity contribution is -0.135. The zero-order valence-corrected chi connectivity index (χ0v) is 20.8. The maximum Gasteiger partial charge on any atom is 0.294 e. The third-order valence-electron chi connectivity index (χ3n) is 5.37. The Bertz CT molecular complexity index is 1200. The van der Waals surface area contributed by atoms with Gasteiger partial charge in [-0.05, 0) is 72.6 Å². The van der Waals surface area contributed by atoms with E-state index in [9.17, 15) is 19.2 Å². The van der Waals surface area contributed by atoms with E-state index in [4.69, 9.17) is 27.9 Å². The van der Waals surface area contributed by atoms with Gasteiger partial charge in [0.15, 0.2) is 6.61 Å². The van der Waals surface area contributed by atoms with E-state index in [0.717, 1.165) is 29.5 Å². The molecule has 2 aliphatic rings. The van der Waals surface area contributed by atoms with E-state index >= 15 is 0 Å². The zero-order valence-electron chi connectivity index (χ0n) is 18.5. The third-order valence-corrected chi connectivity index (χ3v) is 6.82. The molecular formula is C24H21Cl2N3O5S. The number of ether oxygens (including phenoxy) is 1. The molecule has 0 aliphatic carbocycles. The van der Waals surface area contributed by atoms with Gasteiger partial charge in [0.1, 0.15) is 12.3 Å². The van der Waals surface area contributed by atoms with Gasteiger partial charge in [-0.3, -0.25) is 24.1 Å². The first-order valence-corrected chi connectivity index (χ1v) is 12.4. The SMILES string of the molecule is O=C(COc1ccc(/C=C2\SC(=O)N(CC(=O)N3CCCC3)C2=O)cc1Cl)Nc1ccc(Cl)cc1. The van der Waals surface area contributed by atoms with Crippen molar-refractivity contribution >= 4 is 69.7 Å². The fourth-order valence-corrected chi connectivity index (χ4v) is 4.79. The van der Waals surface area contributed by atoms with Crippen LogP contribution >= 0.6 is 35.0 Å². The van der Waals surface area contributed by atoms with Gasteiger partial charge in [-0.2, -0.15) is 0 Å². The molecule has 2 aromatic rings. The smallest absolute Gasteiger partial charge is 0.294 e. The van der Waals surface area contributed by atoms with Gasteiger partial charge >= 0.3 is 0 Å². The van der Waals surface area contributed by atoms with Gasteiger partial charge in [-0.25, -0.2) is 0 Å². The van der Waals surface area contributed by atoms with Crippen molar-refractivity contribution in [1.82, 2.24) is 9.80 Å². The Kier molecular flexibility index (Phi) is 8.00. The second-order valence-corrected chi connectivity index (χ2v) is 9.73. The summed E-state index contributed by atoms with van der Waals surface area (Å²) in [6.07, 6.45) is 3.40. The van der Waals surface area contributed by atoms with E-state index in [-0.39, 0.29) is 34.9 Å². The van der Waals surface area contributed by atoms with Crippen LogP contribution in [-0.4, -0.2) is 59.0 Å². The van der Waals surface area contributed by atoms with E-state index in [1.807, 2.05) is 0 Å². The number of hydrogen-bond donors (Lipinski definition) is 1. The second kappa shape index (κ2) is 11.2. The lowest BCUT2D eigenvalue weighted by Crippen LogP contribution is -2.40. The van der Waals surface area contributed by atoms with Gasteiger partial charge in [0.05, 0.1) is 9.93 Å². The molecule has 0 unspecified atom stereocenters. The van der Waals surface area contributed by atoms with E-state index in [0.29, 0.717) is 35.1 Å². The average molecular weight is 534 g/mol. The van der Waals surface area contributed by atoms with Crippen LogP contribution in [0, 0.1) is 0 Å². The number of carbonyl (C=O) groups is 4. The monoisotopic (exact) mass is 533 g/mol. The molecule has 1 N–H and O–H groups in total. The molecule has 2 fully saturated rings. The van der Waals surface area contributed by atoms with Crippen LogP contribution < -0.4 is 10.1 Å². The van der Waals surface area contributed by atoms with Crippen molar-refractivity contribution in [3.05, 3.63) is 63.0 Å². The molecule has 2 saturated heterocycles. The predicted molar refractivity (Wildman–Crippen MR) is 136 cm³/mol. The number of carbonyl (C=O) groups excluding carboxylic acids is 4. The molecule has 8 nitrogen and oxygen atoms in total. The first-order chi connectivity index (χ1) is 16.8. The number of nitrogens with one attached hydrogen (secondary N) is 1. The summed E-state index contributed by atoms with van der Waals surface area (Å²) in [5, 5.41) is 3.00. The van der Waals surface area contributed by atoms with Gasteiger partial charge in [-0.15, -0.1) is 0 Å². The summed E-state index contributed by atoms with van der Waals surface area (Å²) < 4.78 is 5.50. The van der Waals surface area contributed by atoms with Gasteiger partial charge < -0.3 is 15.0 Å². The topological polar surface area (TPSA) is 96.0 Å². The van der Waals surface area contributed by atoms with Crippen LogP contribution in [0.5, 0.6) is 5.75 Å². The van der Waals surface area contributed by atoms with E-state index < -0.39 is 11.1 Å². The van der Waals surface area contributed by atoms with Crippen molar-refractivity contribution in [2.45, 2.75) is 12.8 Å². The molecule has 0 radical (unpaired) electrons. The maximum absolute atomic E-state index is 12.7. The lowest BCUT2D eigenvalue weighted by atomic mass is 10.2. The second-order valence-electron chi connectivity index (χ2n) is 7.89. The maximum atomic E-state index is 12.7. The number of likely N-dealkylation sites (tertiary alicyclic amines) is 1.